The van der Waals surface area contributed by atoms with Crippen molar-refractivity contribution in [2.45, 2.75) is 32.1 Å². The maximum atomic E-state index is 12.6. The lowest BCUT2D eigenvalue weighted by Gasteiger charge is -2.22. The summed E-state index contributed by atoms with van der Waals surface area (Å²) < 4.78 is 25.4. The zero-order valence-electron chi connectivity index (χ0n) is 13.1. The van der Waals surface area contributed by atoms with Crippen LogP contribution in [0.2, 0.25) is 5.02 Å². The van der Waals surface area contributed by atoms with Crippen molar-refractivity contribution in [2.75, 3.05) is 21.9 Å². The van der Waals surface area contributed by atoms with Gasteiger partial charge < -0.3 is 5.32 Å². The van der Waals surface area contributed by atoms with E-state index >= 15 is 0 Å². The summed E-state index contributed by atoms with van der Waals surface area (Å²) in [4.78, 5) is 12.6. The molecule has 1 aromatic rings. The highest BCUT2D eigenvalue weighted by molar-refractivity contribution is 7.93. The monoisotopic (exact) mass is 367 g/mol. The van der Waals surface area contributed by atoms with Gasteiger partial charge in [-0.25, -0.2) is 8.42 Å². The zero-order valence-corrected chi connectivity index (χ0v) is 14.7. The number of sulfonamides is 1. The Bertz CT molecular complexity index is 810. The van der Waals surface area contributed by atoms with E-state index in [9.17, 15) is 18.5 Å². The second-order valence-corrected chi connectivity index (χ2v) is 8.68. The predicted octanol–water partition coefficient (Wildman–Crippen LogP) is 2.90. The number of rotatable bonds is 3. The third-order valence-electron chi connectivity index (χ3n) is 4.69. The van der Waals surface area contributed by atoms with Crippen LogP contribution in [0.3, 0.4) is 0 Å². The molecule has 1 aromatic carbocycles. The van der Waals surface area contributed by atoms with Gasteiger partial charge in [-0.15, -0.1) is 0 Å². The van der Waals surface area contributed by atoms with Crippen molar-refractivity contribution in [2.24, 2.45) is 5.41 Å². The highest BCUT2D eigenvalue weighted by atomic mass is 35.5. The molecular formula is C16H18ClN3O3S. The summed E-state index contributed by atoms with van der Waals surface area (Å²) in [5.41, 5.74) is -0.202. The van der Waals surface area contributed by atoms with E-state index in [1.807, 2.05) is 0 Å². The second kappa shape index (κ2) is 6.26. The summed E-state index contributed by atoms with van der Waals surface area (Å²) >= 11 is 6.15. The van der Waals surface area contributed by atoms with Crippen LogP contribution in [0.1, 0.15) is 32.1 Å². The first kappa shape index (κ1) is 17.1. The van der Waals surface area contributed by atoms with Crippen LogP contribution in [0.25, 0.3) is 0 Å². The van der Waals surface area contributed by atoms with Crippen molar-refractivity contribution in [1.29, 1.82) is 5.26 Å². The smallest absolute Gasteiger partial charge is 0.244 e. The van der Waals surface area contributed by atoms with Gasteiger partial charge in [0.15, 0.2) is 0 Å². The first-order chi connectivity index (χ1) is 11.4. The average molecular weight is 368 g/mol. The number of hydrogen-bond donors (Lipinski definition) is 1. The molecule has 24 heavy (non-hydrogen) atoms. The number of nitrogens with one attached hydrogen (secondary N) is 1. The van der Waals surface area contributed by atoms with Crippen molar-refractivity contribution < 1.29 is 13.2 Å². The summed E-state index contributed by atoms with van der Waals surface area (Å²) in [6.07, 6.45) is 3.34. The highest BCUT2D eigenvalue weighted by Crippen LogP contribution is 2.39. The van der Waals surface area contributed by atoms with E-state index in [4.69, 9.17) is 11.6 Å². The first-order valence-corrected chi connectivity index (χ1v) is 9.89. The van der Waals surface area contributed by atoms with E-state index in [0.717, 1.165) is 12.8 Å². The van der Waals surface area contributed by atoms with Crippen molar-refractivity contribution in [3.8, 4) is 6.07 Å². The predicted molar refractivity (Wildman–Crippen MR) is 92.3 cm³/mol. The molecule has 0 aromatic heterocycles. The quantitative estimate of drug-likeness (QED) is 0.889. The number of halogens is 1. The fourth-order valence-electron chi connectivity index (χ4n) is 3.30. The largest absolute Gasteiger partial charge is 0.323 e. The van der Waals surface area contributed by atoms with Crippen molar-refractivity contribution in [3.63, 3.8) is 0 Å². The van der Waals surface area contributed by atoms with Crippen LogP contribution in [0.4, 0.5) is 11.4 Å². The van der Waals surface area contributed by atoms with Crippen LogP contribution in [-0.4, -0.2) is 26.6 Å². The first-order valence-electron chi connectivity index (χ1n) is 7.91. The Balaban J connectivity index is 1.88. The third kappa shape index (κ3) is 2.96. The number of nitriles is 1. The molecule has 8 heteroatoms. The van der Waals surface area contributed by atoms with Gasteiger partial charge in [0.1, 0.15) is 5.41 Å². The Labute approximate surface area is 146 Å². The van der Waals surface area contributed by atoms with Crippen molar-refractivity contribution in [3.05, 3.63) is 23.2 Å². The second-order valence-electron chi connectivity index (χ2n) is 6.26. The van der Waals surface area contributed by atoms with Gasteiger partial charge >= 0.3 is 0 Å². The number of carbonyl (C=O) groups is 1. The molecule has 3 rings (SSSR count). The van der Waals surface area contributed by atoms with Crippen molar-refractivity contribution in [1.82, 2.24) is 0 Å². The van der Waals surface area contributed by atoms with Gasteiger partial charge in [-0.3, -0.25) is 9.10 Å². The van der Waals surface area contributed by atoms with Crippen LogP contribution in [0.5, 0.6) is 0 Å². The molecule has 0 radical (unpaired) electrons. The molecule has 0 bridgehead atoms. The lowest BCUT2D eigenvalue weighted by atomic mass is 9.87. The standard InChI is InChI=1S/C16H18ClN3O3S/c17-13-5-4-12(20-8-3-9-24(20,22)23)10-14(13)19-15(21)16(11-18)6-1-2-7-16/h4-5,10H,1-3,6-9H2,(H,19,21). The number of carbonyl (C=O) groups excluding carboxylic acids is 1. The minimum absolute atomic E-state index is 0.120. The molecule has 1 heterocycles. The summed E-state index contributed by atoms with van der Waals surface area (Å²) in [7, 11) is -3.31. The van der Waals surface area contributed by atoms with Crippen LogP contribution in [-0.2, 0) is 14.8 Å². The lowest BCUT2D eigenvalue weighted by Crippen LogP contribution is -2.32. The van der Waals surface area contributed by atoms with Crippen LogP contribution < -0.4 is 9.62 Å². The fraction of sp³-hybridized carbons (Fsp3) is 0.500. The number of nitrogens with zero attached hydrogens (tertiary/aromatic N) is 2. The van der Waals surface area contributed by atoms with E-state index in [0.29, 0.717) is 42.2 Å². The average Bonchev–Trinajstić information content (AvgIpc) is 3.16. The van der Waals surface area contributed by atoms with Gasteiger partial charge in [0.25, 0.3) is 0 Å². The number of anilines is 2. The maximum Gasteiger partial charge on any atom is 0.244 e. The fourth-order valence-corrected chi connectivity index (χ4v) is 5.02. The Morgan fingerprint density at radius 2 is 2.00 bits per heavy atom. The molecule has 1 saturated heterocycles. The summed E-state index contributed by atoms with van der Waals surface area (Å²) in [5, 5.41) is 12.4. The molecule has 2 fully saturated rings. The molecule has 1 saturated carbocycles. The molecule has 0 atom stereocenters. The SMILES string of the molecule is N#CC1(C(=O)Nc2cc(N3CCCS3(=O)=O)ccc2Cl)CCCC1. The minimum atomic E-state index is -3.31. The van der Waals surface area contributed by atoms with Crippen LogP contribution in [0.15, 0.2) is 18.2 Å². The topological polar surface area (TPSA) is 90.3 Å². The van der Waals surface area contributed by atoms with E-state index < -0.39 is 15.4 Å². The summed E-state index contributed by atoms with van der Waals surface area (Å²) in [5.74, 6) is -0.250. The molecule has 1 amide bonds. The Kier molecular flexibility index (Phi) is 4.45. The molecule has 1 aliphatic carbocycles. The van der Waals surface area contributed by atoms with Gasteiger partial charge in [0.2, 0.25) is 15.9 Å². The Morgan fingerprint density at radius 1 is 1.29 bits per heavy atom. The van der Waals surface area contributed by atoms with E-state index in [1.54, 1.807) is 18.2 Å². The highest BCUT2D eigenvalue weighted by Gasteiger charge is 2.41. The molecule has 1 N–H and O–H groups in total. The van der Waals surface area contributed by atoms with Crippen molar-refractivity contribution >= 4 is 38.9 Å². The summed E-state index contributed by atoms with van der Waals surface area (Å²) in [6, 6.07) is 6.88. The number of amides is 1. The molecule has 2 aliphatic rings. The Hall–Kier alpha value is -1.78. The number of hydrogen-bond acceptors (Lipinski definition) is 4. The molecule has 1 aliphatic heterocycles. The zero-order chi connectivity index (χ0) is 17.4. The third-order valence-corrected chi connectivity index (χ3v) is 6.89. The molecule has 6 nitrogen and oxygen atoms in total. The van der Waals surface area contributed by atoms with E-state index in [-0.39, 0.29) is 11.7 Å². The van der Waals surface area contributed by atoms with Gasteiger partial charge in [0, 0.05) is 6.54 Å². The molecule has 128 valence electrons. The Morgan fingerprint density at radius 3 is 2.58 bits per heavy atom. The van der Waals surface area contributed by atoms with Gasteiger partial charge in [-0.2, -0.15) is 5.26 Å². The molecule has 0 spiro atoms. The van der Waals surface area contributed by atoms with Crippen LogP contribution in [0, 0.1) is 16.7 Å². The lowest BCUT2D eigenvalue weighted by molar-refractivity contribution is -0.122. The molecular weight excluding hydrogens is 350 g/mol. The van der Waals surface area contributed by atoms with Gasteiger partial charge in [-0.1, -0.05) is 24.4 Å². The molecule has 0 unspecified atom stereocenters. The minimum Gasteiger partial charge on any atom is -0.323 e. The normalized spacial score (nSPS) is 21.4. The number of benzene rings is 1. The van der Waals surface area contributed by atoms with E-state index in [1.165, 1.54) is 4.31 Å². The maximum absolute atomic E-state index is 12.6. The van der Waals surface area contributed by atoms with Crippen LogP contribution >= 0.6 is 11.6 Å². The van der Waals surface area contributed by atoms with E-state index in [2.05, 4.69) is 11.4 Å². The summed E-state index contributed by atoms with van der Waals surface area (Å²) in [6.45, 7) is 0.416. The van der Waals surface area contributed by atoms with Gasteiger partial charge in [0.05, 0.1) is 28.2 Å². The van der Waals surface area contributed by atoms with Gasteiger partial charge in [-0.05, 0) is 37.5 Å².